The summed E-state index contributed by atoms with van der Waals surface area (Å²) in [5, 5.41) is 17.1. The topological polar surface area (TPSA) is 53.6 Å². The molecule has 1 aromatic rings. The van der Waals surface area contributed by atoms with Gasteiger partial charge < -0.3 is 5.21 Å². The second-order valence-electron chi connectivity index (χ2n) is 5.48. The Hall–Kier alpha value is -1.36. The number of hydrogen-bond acceptors (Lipinski definition) is 4. The van der Waals surface area contributed by atoms with E-state index in [0.717, 1.165) is 51.2 Å². The van der Waals surface area contributed by atoms with E-state index in [1.807, 2.05) is 0 Å². The molecule has 0 spiro atoms. The van der Waals surface area contributed by atoms with E-state index in [0.29, 0.717) is 5.92 Å². The molecule has 0 bridgehead atoms. The van der Waals surface area contributed by atoms with Crippen molar-refractivity contribution in [2.75, 3.05) is 13.1 Å². The molecule has 0 aromatic carbocycles. The highest BCUT2D eigenvalue weighted by atomic mass is 16.4. The van der Waals surface area contributed by atoms with Gasteiger partial charge in [0.05, 0.1) is 17.1 Å². The van der Waals surface area contributed by atoms with Crippen LogP contribution in [-0.2, 0) is 19.5 Å². The molecular formula is C15H26N4O. The summed E-state index contributed by atoms with van der Waals surface area (Å²) in [4.78, 5) is 2.45. The lowest BCUT2D eigenvalue weighted by atomic mass is 9.93. The summed E-state index contributed by atoms with van der Waals surface area (Å²) < 4.78 is 2.11. The molecule has 2 heterocycles. The summed E-state index contributed by atoms with van der Waals surface area (Å²) in [6, 6.07) is 2.22. The minimum atomic E-state index is 0.386. The summed E-state index contributed by atoms with van der Waals surface area (Å²) >= 11 is 0. The van der Waals surface area contributed by atoms with E-state index in [4.69, 9.17) is 5.21 Å². The molecule has 0 aliphatic carbocycles. The zero-order chi connectivity index (χ0) is 14.5. The van der Waals surface area contributed by atoms with Crippen molar-refractivity contribution >= 4 is 5.71 Å². The molecule has 1 aromatic heterocycles. The van der Waals surface area contributed by atoms with Gasteiger partial charge in [-0.1, -0.05) is 19.0 Å². The molecule has 112 valence electrons. The first kappa shape index (κ1) is 15.0. The Morgan fingerprint density at radius 1 is 1.40 bits per heavy atom. The van der Waals surface area contributed by atoms with Gasteiger partial charge in [-0.3, -0.25) is 9.58 Å². The number of hydrogen-bond donors (Lipinski definition) is 1. The van der Waals surface area contributed by atoms with E-state index in [9.17, 15) is 0 Å². The van der Waals surface area contributed by atoms with E-state index in [1.165, 1.54) is 11.4 Å². The summed E-state index contributed by atoms with van der Waals surface area (Å²) in [5.41, 5.74) is 3.43. The highest BCUT2D eigenvalue weighted by Gasteiger charge is 2.25. The van der Waals surface area contributed by atoms with Crippen LogP contribution in [0.5, 0.6) is 0 Å². The van der Waals surface area contributed by atoms with Gasteiger partial charge >= 0.3 is 0 Å². The summed E-state index contributed by atoms with van der Waals surface area (Å²) in [6.45, 7) is 10.2. The molecule has 1 aliphatic rings. The fourth-order valence-corrected chi connectivity index (χ4v) is 2.94. The van der Waals surface area contributed by atoms with Gasteiger partial charge in [0.15, 0.2) is 0 Å². The van der Waals surface area contributed by atoms with E-state index < -0.39 is 0 Å². The van der Waals surface area contributed by atoms with Gasteiger partial charge in [0.1, 0.15) is 0 Å². The van der Waals surface area contributed by atoms with Crippen molar-refractivity contribution in [1.82, 2.24) is 14.7 Å². The Morgan fingerprint density at radius 3 is 2.80 bits per heavy atom. The van der Waals surface area contributed by atoms with Crippen molar-refractivity contribution in [2.24, 2.45) is 11.1 Å². The zero-order valence-corrected chi connectivity index (χ0v) is 12.8. The molecule has 1 aliphatic heterocycles. The van der Waals surface area contributed by atoms with Crippen LogP contribution < -0.4 is 0 Å². The maximum atomic E-state index is 9.04. The number of rotatable bonds is 5. The van der Waals surface area contributed by atoms with Crippen molar-refractivity contribution < 1.29 is 5.21 Å². The normalized spacial score (nSPS) is 22.6. The van der Waals surface area contributed by atoms with E-state index in [-0.39, 0.29) is 0 Å². The molecule has 0 radical (unpaired) electrons. The lowest BCUT2D eigenvalue weighted by Gasteiger charge is -2.32. The SMILES string of the molecule is CCc1cc(CN2CCC(=NO)C(CC)C2)n(CC)n1. The Bertz CT molecular complexity index is 466. The van der Waals surface area contributed by atoms with Crippen LogP contribution in [0, 0.1) is 5.92 Å². The number of aryl methyl sites for hydroxylation is 2. The van der Waals surface area contributed by atoms with Gasteiger partial charge in [0.2, 0.25) is 0 Å². The Labute approximate surface area is 121 Å². The number of piperidine rings is 1. The molecule has 20 heavy (non-hydrogen) atoms. The number of likely N-dealkylation sites (tertiary alicyclic amines) is 1. The fraction of sp³-hybridized carbons (Fsp3) is 0.733. The van der Waals surface area contributed by atoms with Gasteiger partial charge in [-0.15, -0.1) is 0 Å². The Morgan fingerprint density at radius 2 is 2.20 bits per heavy atom. The molecule has 0 amide bonds. The van der Waals surface area contributed by atoms with Crippen molar-refractivity contribution in [1.29, 1.82) is 0 Å². The lowest BCUT2D eigenvalue weighted by molar-refractivity contribution is 0.215. The number of oxime groups is 1. The third kappa shape index (κ3) is 3.20. The lowest BCUT2D eigenvalue weighted by Crippen LogP contribution is -2.40. The van der Waals surface area contributed by atoms with Crippen LogP contribution in [0.3, 0.4) is 0 Å². The number of nitrogens with zero attached hydrogens (tertiary/aromatic N) is 4. The van der Waals surface area contributed by atoms with Crippen LogP contribution >= 0.6 is 0 Å². The van der Waals surface area contributed by atoms with Crippen molar-refractivity contribution in [2.45, 2.75) is 53.1 Å². The molecule has 1 fully saturated rings. The fourth-order valence-electron chi connectivity index (χ4n) is 2.94. The number of aromatic nitrogens is 2. The van der Waals surface area contributed by atoms with Gasteiger partial charge in [0, 0.05) is 38.5 Å². The Kier molecular flexibility index (Phi) is 5.17. The van der Waals surface area contributed by atoms with Crippen LogP contribution in [0.4, 0.5) is 0 Å². The van der Waals surface area contributed by atoms with Gasteiger partial charge in [-0.05, 0) is 25.8 Å². The van der Waals surface area contributed by atoms with E-state index in [1.54, 1.807) is 0 Å². The molecular weight excluding hydrogens is 252 g/mol. The van der Waals surface area contributed by atoms with Crippen LogP contribution in [0.1, 0.15) is 45.0 Å². The van der Waals surface area contributed by atoms with Crippen molar-refractivity contribution in [3.8, 4) is 0 Å². The van der Waals surface area contributed by atoms with E-state index in [2.05, 4.69) is 46.7 Å². The average Bonchev–Trinajstić information content (AvgIpc) is 2.89. The molecule has 1 atom stereocenters. The maximum absolute atomic E-state index is 9.04. The molecule has 0 saturated carbocycles. The highest BCUT2D eigenvalue weighted by molar-refractivity contribution is 5.87. The Balaban J connectivity index is 2.05. The average molecular weight is 278 g/mol. The summed E-state index contributed by atoms with van der Waals surface area (Å²) in [7, 11) is 0. The van der Waals surface area contributed by atoms with Gasteiger partial charge in [0.25, 0.3) is 0 Å². The van der Waals surface area contributed by atoms with Crippen LogP contribution in [0.2, 0.25) is 0 Å². The smallest absolute Gasteiger partial charge is 0.0627 e. The second kappa shape index (κ2) is 6.88. The van der Waals surface area contributed by atoms with Crippen LogP contribution in [-0.4, -0.2) is 38.7 Å². The molecule has 5 heteroatoms. The van der Waals surface area contributed by atoms with Gasteiger partial charge in [-0.2, -0.15) is 5.10 Å². The van der Waals surface area contributed by atoms with Gasteiger partial charge in [-0.25, -0.2) is 0 Å². The predicted molar refractivity (Wildman–Crippen MR) is 80.2 cm³/mol. The minimum Gasteiger partial charge on any atom is -0.411 e. The summed E-state index contributed by atoms with van der Waals surface area (Å²) in [6.07, 6.45) is 2.89. The third-order valence-corrected chi connectivity index (χ3v) is 4.22. The maximum Gasteiger partial charge on any atom is 0.0627 e. The molecule has 1 saturated heterocycles. The highest BCUT2D eigenvalue weighted by Crippen LogP contribution is 2.20. The second-order valence-corrected chi connectivity index (χ2v) is 5.48. The quantitative estimate of drug-likeness (QED) is 0.665. The largest absolute Gasteiger partial charge is 0.411 e. The summed E-state index contributed by atoms with van der Waals surface area (Å²) in [5.74, 6) is 0.386. The monoisotopic (exact) mass is 278 g/mol. The first-order valence-corrected chi connectivity index (χ1v) is 7.70. The van der Waals surface area contributed by atoms with Crippen LogP contribution in [0.25, 0.3) is 0 Å². The molecule has 2 rings (SSSR count). The molecule has 1 unspecified atom stereocenters. The zero-order valence-electron chi connectivity index (χ0n) is 12.8. The standard InChI is InChI=1S/C15H26N4O/c1-4-12-10-18(8-7-15(12)17-20)11-14-9-13(5-2)16-19(14)6-3/h9,12,20H,4-8,10-11H2,1-3H3. The third-order valence-electron chi connectivity index (χ3n) is 4.22. The molecule has 5 nitrogen and oxygen atoms in total. The van der Waals surface area contributed by atoms with Crippen LogP contribution in [0.15, 0.2) is 11.2 Å². The van der Waals surface area contributed by atoms with E-state index >= 15 is 0 Å². The first-order valence-electron chi connectivity index (χ1n) is 7.70. The van der Waals surface area contributed by atoms with Crippen molar-refractivity contribution in [3.05, 3.63) is 17.5 Å². The first-order chi connectivity index (χ1) is 9.71. The van der Waals surface area contributed by atoms with Crippen molar-refractivity contribution in [3.63, 3.8) is 0 Å². The minimum absolute atomic E-state index is 0.386. The predicted octanol–water partition coefficient (Wildman–Crippen LogP) is 2.53. The molecule has 1 N–H and O–H groups in total.